The normalized spacial score (nSPS) is 13.8. The number of nitrogens with zero attached hydrogens (tertiary/aromatic N) is 2. The van der Waals surface area contributed by atoms with E-state index in [9.17, 15) is 4.79 Å². The Labute approximate surface area is 157 Å². The molecule has 7 heteroatoms. The van der Waals surface area contributed by atoms with Crippen LogP contribution in [0.1, 0.15) is 49.7 Å². The van der Waals surface area contributed by atoms with Gasteiger partial charge in [0.25, 0.3) is 5.91 Å². The van der Waals surface area contributed by atoms with Crippen molar-refractivity contribution in [2.75, 3.05) is 14.2 Å². The molecule has 0 aliphatic rings. The fourth-order valence-corrected chi connectivity index (χ4v) is 3.42. The predicted octanol–water partition coefficient (Wildman–Crippen LogP) is 4.42. The number of aromatic nitrogens is 1. The summed E-state index contributed by atoms with van der Waals surface area (Å²) in [6, 6.07) is 4.90. The molecule has 0 aliphatic heterocycles. The number of carbonyl (C=O) groups is 1. The largest absolute Gasteiger partial charge is 0.496 e. The van der Waals surface area contributed by atoms with Gasteiger partial charge in [-0.05, 0) is 57.4 Å². The first-order valence-corrected chi connectivity index (χ1v) is 9.01. The van der Waals surface area contributed by atoms with Crippen LogP contribution in [0.4, 0.5) is 0 Å². The molecule has 1 aromatic carbocycles. The van der Waals surface area contributed by atoms with E-state index < -0.39 is 5.91 Å². The minimum atomic E-state index is -0.396. The number of hydrogen-bond acceptors (Lipinski definition) is 4. The maximum Gasteiger partial charge on any atom is 0.282 e. The van der Waals surface area contributed by atoms with Crippen LogP contribution in [0.3, 0.4) is 0 Å². The standard InChI is InChI=1S/C18H23ClN2O3S/c1-11(23-5)14-10-21(18(2,3)4)25-17(14)20-16(22)13-9-12(19)7-8-15(13)24-6/h7-11H,1-6H3/b20-17-. The van der Waals surface area contributed by atoms with E-state index in [1.54, 1.807) is 25.3 Å². The monoisotopic (exact) mass is 382 g/mol. The third-order valence-electron chi connectivity index (χ3n) is 3.74. The van der Waals surface area contributed by atoms with Crippen molar-refractivity contribution in [2.45, 2.75) is 39.3 Å². The fraction of sp³-hybridized carbons (Fsp3) is 0.444. The molecular formula is C18H23ClN2O3S. The summed E-state index contributed by atoms with van der Waals surface area (Å²) >= 11 is 7.44. The number of halogens is 1. The average molecular weight is 383 g/mol. The third-order valence-corrected chi connectivity index (χ3v) is 5.32. The molecule has 1 heterocycles. The van der Waals surface area contributed by atoms with Crippen LogP contribution in [0.2, 0.25) is 5.02 Å². The van der Waals surface area contributed by atoms with Crippen LogP contribution in [0.5, 0.6) is 5.75 Å². The lowest BCUT2D eigenvalue weighted by atomic mass is 10.1. The minimum absolute atomic E-state index is 0.114. The van der Waals surface area contributed by atoms with E-state index >= 15 is 0 Å². The molecule has 1 unspecified atom stereocenters. The Kier molecular flexibility index (Phi) is 6.08. The van der Waals surface area contributed by atoms with Gasteiger partial charge in [-0.1, -0.05) is 11.6 Å². The molecule has 0 radical (unpaired) electrons. The number of ether oxygens (including phenoxy) is 2. The molecule has 5 nitrogen and oxygen atoms in total. The van der Waals surface area contributed by atoms with Crippen molar-refractivity contribution in [2.24, 2.45) is 4.99 Å². The highest BCUT2D eigenvalue weighted by Gasteiger charge is 2.20. The van der Waals surface area contributed by atoms with Gasteiger partial charge in [0.15, 0.2) is 0 Å². The van der Waals surface area contributed by atoms with Crippen molar-refractivity contribution in [1.82, 2.24) is 3.96 Å². The summed E-state index contributed by atoms with van der Waals surface area (Å²) in [5, 5.41) is 0.459. The zero-order chi connectivity index (χ0) is 18.8. The lowest BCUT2D eigenvalue weighted by molar-refractivity contribution is 0.0993. The molecule has 0 saturated heterocycles. The maximum absolute atomic E-state index is 12.7. The Morgan fingerprint density at radius 1 is 1.32 bits per heavy atom. The summed E-state index contributed by atoms with van der Waals surface area (Å²) in [6.07, 6.45) is 1.81. The Balaban J connectivity index is 2.58. The van der Waals surface area contributed by atoms with Gasteiger partial charge in [0, 0.05) is 29.4 Å². The van der Waals surface area contributed by atoms with E-state index in [1.807, 2.05) is 13.1 Å². The lowest BCUT2D eigenvalue weighted by Gasteiger charge is -2.19. The summed E-state index contributed by atoms with van der Waals surface area (Å²) < 4.78 is 13.4. The molecule has 0 spiro atoms. The molecule has 0 N–H and O–H groups in total. The quantitative estimate of drug-likeness (QED) is 0.786. The first-order valence-electron chi connectivity index (χ1n) is 7.86. The van der Waals surface area contributed by atoms with Gasteiger partial charge >= 0.3 is 0 Å². The van der Waals surface area contributed by atoms with Gasteiger partial charge in [-0.3, -0.25) is 8.75 Å². The third kappa shape index (κ3) is 4.51. The molecule has 0 bridgehead atoms. The molecule has 2 aromatic rings. The molecule has 136 valence electrons. The summed E-state index contributed by atoms with van der Waals surface area (Å²) in [4.78, 5) is 17.0. The van der Waals surface area contributed by atoms with Crippen LogP contribution in [0.25, 0.3) is 0 Å². The summed E-state index contributed by atoms with van der Waals surface area (Å²) in [6.45, 7) is 8.21. The zero-order valence-corrected chi connectivity index (χ0v) is 16.9. The Morgan fingerprint density at radius 3 is 2.56 bits per heavy atom. The number of carbonyl (C=O) groups excluding carboxylic acids is 1. The molecule has 1 aromatic heterocycles. The predicted molar refractivity (Wildman–Crippen MR) is 101 cm³/mol. The van der Waals surface area contributed by atoms with Crippen molar-refractivity contribution in [3.63, 3.8) is 0 Å². The van der Waals surface area contributed by atoms with E-state index in [0.717, 1.165) is 5.56 Å². The summed E-state index contributed by atoms with van der Waals surface area (Å²) in [7, 11) is 3.15. The molecule has 0 saturated carbocycles. The Hall–Kier alpha value is -1.63. The highest BCUT2D eigenvalue weighted by Crippen LogP contribution is 2.24. The molecule has 1 atom stereocenters. The van der Waals surface area contributed by atoms with Gasteiger partial charge in [0.05, 0.1) is 18.8 Å². The first-order chi connectivity index (χ1) is 11.7. The van der Waals surface area contributed by atoms with Crippen LogP contribution in [-0.2, 0) is 10.3 Å². The average Bonchev–Trinajstić information content (AvgIpc) is 2.98. The Morgan fingerprint density at radius 2 is 2.00 bits per heavy atom. The van der Waals surface area contributed by atoms with E-state index in [4.69, 9.17) is 21.1 Å². The van der Waals surface area contributed by atoms with E-state index in [-0.39, 0.29) is 11.6 Å². The topological polar surface area (TPSA) is 52.8 Å². The fourth-order valence-electron chi connectivity index (χ4n) is 2.17. The summed E-state index contributed by atoms with van der Waals surface area (Å²) in [5.74, 6) is 0.0477. The van der Waals surface area contributed by atoms with Gasteiger partial charge < -0.3 is 9.47 Å². The van der Waals surface area contributed by atoms with Crippen molar-refractivity contribution in [3.05, 3.63) is 45.2 Å². The SMILES string of the molecule is COc1ccc(Cl)cc1C(=O)/N=c1\sn(C(C)(C)C)cc1C(C)OC. The second-order valence-electron chi connectivity index (χ2n) is 6.62. The van der Waals surface area contributed by atoms with Crippen molar-refractivity contribution >= 4 is 29.0 Å². The number of benzene rings is 1. The molecule has 1 amide bonds. The van der Waals surface area contributed by atoms with Crippen LogP contribution in [-0.4, -0.2) is 24.1 Å². The van der Waals surface area contributed by atoms with Crippen LogP contribution < -0.4 is 9.41 Å². The smallest absolute Gasteiger partial charge is 0.282 e. The van der Waals surface area contributed by atoms with Crippen molar-refractivity contribution < 1.29 is 14.3 Å². The first kappa shape index (κ1) is 19.7. The van der Waals surface area contributed by atoms with E-state index in [1.165, 1.54) is 18.6 Å². The second-order valence-corrected chi connectivity index (χ2v) is 8.02. The highest BCUT2D eigenvalue weighted by atomic mass is 35.5. The molecule has 0 fully saturated rings. The second kappa shape index (κ2) is 7.72. The molecule has 25 heavy (non-hydrogen) atoms. The van der Waals surface area contributed by atoms with Crippen molar-refractivity contribution in [1.29, 1.82) is 0 Å². The van der Waals surface area contributed by atoms with Gasteiger partial charge in [-0.15, -0.1) is 0 Å². The van der Waals surface area contributed by atoms with Crippen LogP contribution in [0, 0.1) is 0 Å². The minimum Gasteiger partial charge on any atom is -0.496 e. The van der Waals surface area contributed by atoms with Crippen molar-refractivity contribution in [3.8, 4) is 5.75 Å². The lowest BCUT2D eigenvalue weighted by Crippen LogP contribution is -2.18. The number of amides is 1. The number of methoxy groups -OCH3 is 2. The van der Waals surface area contributed by atoms with E-state index in [0.29, 0.717) is 21.0 Å². The van der Waals surface area contributed by atoms with Gasteiger partial charge in [0.2, 0.25) is 0 Å². The Bertz CT molecular complexity index is 834. The van der Waals surface area contributed by atoms with Gasteiger partial charge in [-0.2, -0.15) is 4.99 Å². The maximum atomic E-state index is 12.7. The summed E-state index contributed by atoms with van der Waals surface area (Å²) in [5.41, 5.74) is 1.09. The molecular weight excluding hydrogens is 360 g/mol. The highest BCUT2D eigenvalue weighted by molar-refractivity contribution is 7.04. The van der Waals surface area contributed by atoms with Gasteiger partial charge in [-0.25, -0.2) is 0 Å². The molecule has 0 aliphatic carbocycles. The van der Waals surface area contributed by atoms with Crippen LogP contribution >= 0.6 is 23.1 Å². The van der Waals surface area contributed by atoms with Gasteiger partial charge in [0.1, 0.15) is 10.4 Å². The number of hydrogen-bond donors (Lipinski definition) is 0. The molecule has 2 rings (SSSR count). The van der Waals surface area contributed by atoms with Crippen LogP contribution in [0.15, 0.2) is 29.4 Å². The number of rotatable bonds is 4. The van der Waals surface area contributed by atoms with E-state index in [2.05, 4.69) is 29.7 Å². The zero-order valence-electron chi connectivity index (χ0n) is 15.3.